The molecule has 2 fully saturated rings. The van der Waals surface area contributed by atoms with Crippen molar-refractivity contribution in [1.82, 2.24) is 10.2 Å². The van der Waals surface area contributed by atoms with Crippen molar-refractivity contribution in [3.8, 4) is 6.07 Å². The van der Waals surface area contributed by atoms with Crippen molar-refractivity contribution in [3.05, 3.63) is 0 Å². The summed E-state index contributed by atoms with van der Waals surface area (Å²) >= 11 is 0. The fraction of sp³-hybridized carbons (Fsp3) is 0.938. The number of nitrogens with one attached hydrogen (secondary N) is 1. The summed E-state index contributed by atoms with van der Waals surface area (Å²) in [7, 11) is 0. The molecule has 0 amide bonds. The number of rotatable bonds is 4. The van der Waals surface area contributed by atoms with E-state index >= 15 is 0 Å². The van der Waals surface area contributed by atoms with Crippen molar-refractivity contribution in [3.63, 3.8) is 0 Å². The van der Waals surface area contributed by atoms with Crippen molar-refractivity contribution < 1.29 is 0 Å². The van der Waals surface area contributed by atoms with E-state index in [1.165, 1.54) is 32.1 Å². The summed E-state index contributed by atoms with van der Waals surface area (Å²) in [6, 6.07) is 4.63. The molecule has 0 aromatic carbocycles. The maximum absolute atomic E-state index is 9.59. The molecule has 108 valence electrons. The van der Waals surface area contributed by atoms with Crippen molar-refractivity contribution >= 4 is 0 Å². The molecule has 2 aliphatic rings. The molecule has 1 N–H and O–H groups in total. The van der Waals surface area contributed by atoms with E-state index in [2.05, 4.69) is 37.1 Å². The second-order valence-corrected chi connectivity index (χ2v) is 6.41. The third kappa shape index (κ3) is 2.95. The molecular formula is C16H29N3. The largest absolute Gasteiger partial charge is 0.300 e. The zero-order valence-corrected chi connectivity index (χ0v) is 12.8. The standard InChI is InChI=1S/C16H29N3/c1-4-14-9-8-13(3)19(14)15-7-6-10-16(11-15,12-17)18-5-2/h13-15,18H,4-11H2,1-3H3. The van der Waals surface area contributed by atoms with Gasteiger partial charge < -0.3 is 0 Å². The molecule has 3 nitrogen and oxygen atoms in total. The topological polar surface area (TPSA) is 39.1 Å². The molecule has 1 aliphatic carbocycles. The van der Waals surface area contributed by atoms with Gasteiger partial charge in [-0.3, -0.25) is 10.2 Å². The van der Waals surface area contributed by atoms with E-state index in [4.69, 9.17) is 0 Å². The Labute approximate surface area is 118 Å². The minimum Gasteiger partial charge on any atom is -0.300 e. The highest BCUT2D eigenvalue weighted by Gasteiger charge is 2.42. The molecule has 3 heteroatoms. The van der Waals surface area contributed by atoms with Crippen LogP contribution in [0.2, 0.25) is 0 Å². The molecule has 19 heavy (non-hydrogen) atoms. The maximum atomic E-state index is 9.59. The lowest BCUT2D eigenvalue weighted by molar-refractivity contribution is 0.0787. The summed E-state index contributed by atoms with van der Waals surface area (Å²) in [5, 5.41) is 13.1. The van der Waals surface area contributed by atoms with Gasteiger partial charge in [0, 0.05) is 18.1 Å². The van der Waals surface area contributed by atoms with Gasteiger partial charge in [-0.2, -0.15) is 5.26 Å². The number of nitrogens with zero attached hydrogens (tertiary/aromatic N) is 2. The third-order valence-corrected chi connectivity index (χ3v) is 5.20. The Kier molecular flexibility index (Phi) is 4.86. The van der Waals surface area contributed by atoms with Gasteiger partial charge in [0.15, 0.2) is 0 Å². The quantitative estimate of drug-likeness (QED) is 0.847. The summed E-state index contributed by atoms with van der Waals surface area (Å²) in [6.45, 7) is 7.68. The van der Waals surface area contributed by atoms with Crippen LogP contribution in [-0.2, 0) is 0 Å². The maximum Gasteiger partial charge on any atom is 0.108 e. The van der Waals surface area contributed by atoms with Crippen molar-refractivity contribution in [2.45, 2.75) is 89.4 Å². The minimum atomic E-state index is -0.266. The zero-order chi connectivity index (χ0) is 13.9. The van der Waals surface area contributed by atoms with Gasteiger partial charge in [-0.05, 0) is 58.4 Å². The van der Waals surface area contributed by atoms with Crippen molar-refractivity contribution in [1.29, 1.82) is 5.26 Å². The van der Waals surface area contributed by atoms with Gasteiger partial charge in [-0.25, -0.2) is 0 Å². The number of hydrogen-bond acceptors (Lipinski definition) is 3. The van der Waals surface area contributed by atoms with Crippen molar-refractivity contribution in [2.24, 2.45) is 0 Å². The van der Waals surface area contributed by atoms with Gasteiger partial charge in [0.1, 0.15) is 5.54 Å². The number of nitriles is 1. The molecule has 1 heterocycles. The zero-order valence-electron chi connectivity index (χ0n) is 12.8. The Morgan fingerprint density at radius 3 is 2.74 bits per heavy atom. The summed E-state index contributed by atoms with van der Waals surface area (Å²) < 4.78 is 0. The first-order chi connectivity index (χ1) is 9.15. The SMILES string of the molecule is CCNC1(C#N)CCCC(N2C(C)CCC2CC)C1. The lowest BCUT2D eigenvalue weighted by Gasteiger charge is -2.44. The Morgan fingerprint density at radius 1 is 1.32 bits per heavy atom. The van der Waals surface area contributed by atoms with Crippen LogP contribution in [0.3, 0.4) is 0 Å². The highest BCUT2D eigenvalue weighted by Crippen LogP contribution is 2.37. The highest BCUT2D eigenvalue weighted by molar-refractivity contribution is 5.12. The molecule has 1 aliphatic heterocycles. The van der Waals surface area contributed by atoms with E-state index in [0.717, 1.165) is 25.4 Å². The second kappa shape index (κ2) is 6.24. The molecule has 0 radical (unpaired) electrons. The van der Waals surface area contributed by atoms with Crippen LogP contribution in [-0.4, -0.2) is 35.1 Å². The number of hydrogen-bond donors (Lipinski definition) is 1. The molecular weight excluding hydrogens is 234 g/mol. The summed E-state index contributed by atoms with van der Waals surface area (Å²) in [6.07, 6.45) is 8.41. The van der Waals surface area contributed by atoms with Gasteiger partial charge >= 0.3 is 0 Å². The van der Waals surface area contributed by atoms with Crippen LogP contribution in [0.4, 0.5) is 0 Å². The van der Waals surface area contributed by atoms with Crippen LogP contribution in [0, 0.1) is 11.3 Å². The monoisotopic (exact) mass is 263 g/mol. The Morgan fingerprint density at radius 2 is 2.11 bits per heavy atom. The molecule has 0 aromatic heterocycles. The van der Waals surface area contributed by atoms with Crippen LogP contribution in [0.15, 0.2) is 0 Å². The average molecular weight is 263 g/mol. The first-order valence-electron chi connectivity index (χ1n) is 8.09. The molecule has 0 aromatic rings. The van der Waals surface area contributed by atoms with Gasteiger partial charge in [0.2, 0.25) is 0 Å². The van der Waals surface area contributed by atoms with Crippen LogP contribution >= 0.6 is 0 Å². The molecule has 4 unspecified atom stereocenters. The van der Waals surface area contributed by atoms with Gasteiger partial charge in [-0.15, -0.1) is 0 Å². The van der Waals surface area contributed by atoms with E-state index in [1.807, 2.05) is 0 Å². The lowest BCUT2D eigenvalue weighted by atomic mass is 9.78. The first kappa shape index (κ1) is 14.8. The Balaban J connectivity index is 2.10. The Bertz CT molecular complexity index is 331. The highest BCUT2D eigenvalue weighted by atomic mass is 15.2. The predicted octanol–water partition coefficient (Wildman–Crippen LogP) is 3.06. The molecule has 0 spiro atoms. The lowest BCUT2D eigenvalue weighted by Crippen LogP contribution is -2.54. The van der Waals surface area contributed by atoms with Crippen LogP contribution in [0.5, 0.6) is 0 Å². The molecule has 2 rings (SSSR count). The third-order valence-electron chi connectivity index (χ3n) is 5.20. The fourth-order valence-corrected chi connectivity index (χ4v) is 4.30. The van der Waals surface area contributed by atoms with E-state index in [-0.39, 0.29) is 5.54 Å². The Hall–Kier alpha value is -0.590. The normalized spacial score (nSPS) is 40.2. The van der Waals surface area contributed by atoms with Crippen LogP contribution in [0.1, 0.15) is 65.7 Å². The van der Waals surface area contributed by atoms with Gasteiger partial charge in [0.05, 0.1) is 6.07 Å². The predicted molar refractivity (Wildman–Crippen MR) is 78.9 cm³/mol. The summed E-state index contributed by atoms with van der Waals surface area (Å²) in [5.74, 6) is 0. The van der Waals surface area contributed by atoms with Crippen LogP contribution in [0.25, 0.3) is 0 Å². The van der Waals surface area contributed by atoms with E-state index in [0.29, 0.717) is 12.1 Å². The first-order valence-corrected chi connectivity index (χ1v) is 8.09. The molecule has 4 atom stereocenters. The van der Waals surface area contributed by atoms with Crippen LogP contribution < -0.4 is 5.32 Å². The fourth-order valence-electron chi connectivity index (χ4n) is 4.30. The average Bonchev–Trinajstić information content (AvgIpc) is 2.80. The smallest absolute Gasteiger partial charge is 0.108 e. The molecule has 1 saturated heterocycles. The second-order valence-electron chi connectivity index (χ2n) is 6.41. The number of likely N-dealkylation sites (tertiary alicyclic amines) is 1. The minimum absolute atomic E-state index is 0.266. The van der Waals surface area contributed by atoms with E-state index in [1.54, 1.807) is 0 Å². The van der Waals surface area contributed by atoms with E-state index < -0.39 is 0 Å². The summed E-state index contributed by atoms with van der Waals surface area (Å²) in [5.41, 5.74) is -0.266. The molecule has 0 bridgehead atoms. The van der Waals surface area contributed by atoms with E-state index in [9.17, 15) is 5.26 Å². The summed E-state index contributed by atoms with van der Waals surface area (Å²) in [4.78, 5) is 2.74. The van der Waals surface area contributed by atoms with Gasteiger partial charge in [0.25, 0.3) is 0 Å². The van der Waals surface area contributed by atoms with Crippen molar-refractivity contribution in [2.75, 3.05) is 6.54 Å². The molecule has 1 saturated carbocycles. The van der Waals surface area contributed by atoms with Gasteiger partial charge in [-0.1, -0.05) is 13.8 Å².